The zero-order valence-corrected chi connectivity index (χ0v) is 19.1. The van der Waals surface area contributed by atoms with E-state index in [1.165, 1.54) is 9.13 Å². The Labute approximate surface area is 190 Å². The van der Waals surface area contributed by atoms with Crippen LogP contribution in [0.3, 0.4) is 0 Å². The third-order valence-electron chi connectivity index (χ3n) is 5.77. The summed E-state index contributed by atoms with van der Waals surface area (Å²) in [6, 6.07) is 3.82. The minimum absolute atomic E-state index is 0.110. The number of aromatic nitrogens is 4. The largest absolute Gasteiger partial charge is 0.416 e. The molecule has 4 rings (SSSR count). The Morgan fingerprint density at radius 1 is 1.09 bits per heavy atom. The number of morpholine rings is 1. The van der Waals surface area contributed by atoms with E-state index in [4.69, 9.17) is 4.74 Å². The van der Waals surface area contributed by atoms with Gasteiger partial charge >= 0.3 is 11.9 Å². The first-order valence-corrected chi connectivity index (χ1v) is 11.0. The van der Waals surface area contributed by atoms with Gasteiger partial charge in [-0.3, -0.25) is 13.8 Å². The Balaban J connectivity index is 1.76. The molecule has 33 heavy (non-hydrogen) atoms. The van der Waals surface area contributed by atoms with Gasteiger partial charge in [0.2, 0.25) is 0 Å². The molecular weight excluding hydrogens is 435 g/mol. The van der Waals surface area contributed by atoms with Crippen LogP contribution in [0.25, 0.3) is 5.69 Å². The molecule has 3 heterocycles. The van der Waals surface area contributed by atoms with Gasteiger partial charge in [0.1, 0.15) is 0 Å². The van der Waals surface area contributed by atoms with Gasteiger partial charge in [0.15, 0.2) is 0 Å². The van der Waals surface area contributed by atoms with E-state index in [0.29, 0.717) is 31.0 Å². The summed E-state index contributed by atoms with van der Waals surface area (Å²) < 4.78 is 51.6. The van der Waals surface area contributed by atoms with Crippen LogP contribution in [-0.4, -0.2) is 44.2 Å². The van der Waals surface area contributed by atoms with Crippen LogP contribution in [0.4, 0.5) is 18.9 Å². The summed E-state index contributed by atoms with van der Waals surface area (Å²) in [5.41, 5.74) is 0.826. The number of imidazole rings is 1. The molecule has 2 aromatic heterocycles. The quantitative estimate of drug-likeness (QED) is 0.577. The minimum Gasteiger partial charge on any atom is -0.372 e. The number of ether oxygens (including phenoxy) is 1. The van der Waals surface area contributed by atoms with Crippen molar-refractivity contribution in [1.29, 1.82) is 0 Å². The summed E-state index contributed by atoms with van der Waals surface area (Å²) in [5.74, 6) is 0. The molecule has 0 aliphatic carbocycles. The SMILES string of the molecule is CCn1cc(Cn2cc(C)n(-c3cc(N4C[C@@H](C)O[C@@H](C)C4)cc(C(F)(F)F)c3)c2=O)cn1. The topological polar surface area (TPSA) is 57.2 Å². The maximum atomic E-state index is 13.8. The molecule has 0 radical (unpaired) electrons. The van der Waals surface area contributed by atoms with E-state index in [-0.39, 0.29) is 24.4 Å². The van der Waals surface area contributed by atoms with Gasteiger partial charge in [-0.1, -0.05) is 0 Å². The van der Waals surface area contributed by atoms with Gasteiger partial charge in [-0.15, -0.1) is 0 Å². The van der Waals surface area contributed by atoms with Crippen molar-refractivity contribution in [2.24, 2.45) is 0 Å². The Kier molecular flexibility index (Phi) is 6.13. The smallest absolute Gasteiger partial charge is 0.372 e. The predicted octanol–water partition coefficient (Wildman–Crippen LogP) is 3.84. The van der Waals surface area contributed by atoms with Gasteiger partial charge in [0.25, 0.3) is 0 Å². The van der Waals surface area contributed by atoms with Gasteiger partial charge in [-0.25, -0.2) is 4.79 Å². The average Bonchev–Trinajstić information content (AvgIpc) is 3.30. The van der Waals surface area contributed by atoms with E-state index < -0.39 is 17.4 Å². The molecule has 7 nitrogen and oxygen atoms in total. The van der Waals surface area contributed by atoms with Gasteiger partial charge in [-0.2, -0.15) is 18.3 Å². The molecule has 0 saturated carbocycles. The second-order valence-corrected chi connectivity index (χ2v) is 8.62. The molecule has 0 unspecified atom stereocenters. The van der Waals surface area contributed by atoms with Crippen molar-refractivity contribution >= 4 is 5.69 Å². The van der Waals surface area contributed by atoms with Crippen LogP contribution in [0.15, 0.2) is 41.6 Å². The highest BCUT2D eigenvalue weighted by Crippen LogP contribution is 2.35. The lowest BCUT2D eigenvalue weighted by molar-refractivity contribution is -0.137. The second kappa shape index (κ2) is 8.74. The molecule has 1 aliphatic rings. The van der Waals surface area contributed by atoms with Crippen molar-refractivity contribution in [2.75, 3.05) is 18.0 Å². The number of hydrogen-bond donors (Lipinski definition) is 0. The van der Waals surface area contributed by atoms with E-state index in [1.807, 2.05) is 31.9 Å². The van der Waals surface area contributed by atoms with Crippen LogP contribution in [0.5, 0.6) is 0 Å². The Hall–Kier alpha value is -3.01. The zero-order chi connectivity index (χ0) is 23.9. The highest BCUT2D eigenvalue weighted by Gasteiger charge is 2.33. The second-order valence-electron chi connectivity index (χ2n) is 8.62. The number of benzene rings is 1. The van der Waals surface area contributed by atoms with Gasteiger partial charge in [0, 0.05) is 49.0 Å². The molecule has 2 atom stereocenters. The van der Waals surface area contributed by atoms with Crippen LogP contribution < -0.4 is 10.6 Å². The maximum Gasteiger partial charge on any atom is 0.416 e. The number of rotatable bonds is 5. The molecule has 1 saturated heterocycles. The minimum atomic E-state index is -4.54. The third-order valence-corrected chi connectivity index (χ3v) is 5.77. The molecule has 0 spiro atoms. The summed E-state index contributed by atoms with van der Waals surface area (Å²) >= 11 is 0. The fourth-order valence-corrected chi connectivity index (χ4v) is 4.36. The van der Waals surface area contributed by atoms with E-state index in [9.17, 15) is 18.0 Å². The molecule has 1 aliphatic heterocycles. The van der Waals surface area contributed by atoms with E-state index >= 15 is 0 Å². The standard InChI is InChI=1S/C23H28F3N5O2/c1-5-30-14-18(9-27-30)13-29-10-15(2)31(22(29)32)21-7-19(23(24,25)26)6-20(8-21)28-11-16(3)33-17(4)12-28/h6-10,14,16-17H,5,11-13H2,1-4H3/t16-,17+. The van der Waals surface area contributed by atoms with E-state index in [2.05, 4.69) is 5.10 Å². The Morgan fingerprint density at radius 2 is 1.76 bits per heavy atom. The van der Waals surface area contributed by atoms with Gasteiger partial charge in [-0.05, 0) is 45.9 Å². The summed E-state index contributed by atoms with van der Waals surface area (Å²) in [5, 5.41) is 4.22. The fraction of sp³-hybridized carbons (Fsp3) is 0.478. The highest BCUT2D eigenvalue weighted by atomic mass is 19.4. The monoisotopic (exact) mass is 463 g/mol. The number of halogens is 3. The summed E-state index contributed by atoms with van der Waals surface area (Å²) in [7, 11) is 0. The highest BCUT2D eigenvalue weighted by molar-refractivity contribution is 5.57. The third kappa shape index (κ3) is 4.85. The number of nitrogens with zero attached hydrogens (tertiary/aromatic N) is 5. The Bertz CT molecular complexity index is 1180. The van der Waals surface area contributed by atoms with Crippen LogP contribution in [-0.2, 0) is 24.0 Å². The molecule has 1 fully saturated rings. The number of hydrogen-bond acceptors (Lipinski definition) is 4. The molecule has 10 heteroatoms. The summed E-state index contributed by atoms with van der Waals surface area (Å²) in [6.07, 6.45) is 0.435. The average molecular weight is 464 g/mol. The normalized spacial score (nSPS) is 19.3. The molecular formula is C23H28F3N5O2. The van der Waals surface area contributed by atoms with Crippen LogP contribution in [0.1, 0.15) is 37.6 Å². The van der Waals surface area contributed by atoms with Crippen molar-refractivity contribution in [1.82, 2.24) is 18.9 Å². The van der Waals surface area contributed by atoms with E-state index in [0.717, 1.165) is 17.7 Å². The van der Waals surface area contributed by atoms with Gasteiger partial charge in [0.05, 0.1) is 36.2 Å². The predicted molar refractivity (Wildman–Crippen MR) is 119 cm³/mol. The lowest BCUT2D eigenvalue weighted by Gasteiger charge is -2.37. The maximum absolute atomic E-state index is 13.8. The molecule has 178 valence electrons. The number of aryl methyl sites for hydroxylation is 2. The molecule has 0 N–H and O–H groups in total. The molecule has 1 aromatic carbocycles. The first-order chi connectivity index (χ1) is 15.5. The van der Waals surface area contributed by atoms with Crippen LogP contribution in [0, 0.1) is 6.92 Å². The first kappa shape index (κ1) is 23.2. The van der Waals surface area contributed by atoms with Crippen molar-refractivity contribution in [3.05, 3.63) is 64.1 Å². The lowest BCUT2D eigenvalue weighted by atomic mass is 10.1. The van der Waals surface area contributed by atoms with Crippen molar-refractivity contribution in [3.63, 3.8) is 0 Å². The summed E-state index contributed by atoms with van der Waals surface area (Å²) in [4.78, 5) is 15.1. The molecule has 3 aromatic rings. The van der Waals surface area contributed by atoms with Gasteiger partial charge < -0.3 is 9.64 Å². The first-order valence-electron chi connectivity index (χ1n) is 11.0. The van der Waals surface area contributed by atoms with E-state index in [1.54, 1.807) is 30.1 Å². The Morgan fingerprint density at radius 3 is 2.36 bits per heavy atom. The summed E-state index contributed by atoms with van der Waals surface area (Å²) in [6.45, 7) is 9.41. The zero-order valence-electron chi connectivity index (χ0n) is 19.1. The number of alkyl halides is 3. The fourth-order valence-electron chi connectivity index (χ4n) is 4.36. The van der Waals surface area contributed by atoms with Crippen molar-refractivity contribution < 1.29 is 17.9 Å². The molecule has 0 bridgehead atoms. The van der Waals surface area contributed by atoms with Crippen LogP contribution in [0.2, 0.25) is 0 Å². The molecule has 0 amide bonds. The number of anilines is 1. The van der Waals surface area contributed by atoms with Crippen molar-refractivity contribution in [3.8, 4) is 5.69 Å². The van der Waals surface area contributed by atoms with Crippen LogP contribution >= 0.6 is 0 Å². The van der Waals surface area contributed by atoms with Crippen molar-refractivity contribution in [2.45, 2.75) is 59.2 Å². The lowest BCUT2D eigenvalue weighted by Crippen LogP contribution is -2.45.